The lowest BCUT2D eigenvalue weighted by Crippen LogP contribution is -2.48. The molecule has 1 amide bonds. The number of ether oxygens (including phenoxy) is 2. The third-order valence-corrected chi connectivity index (χ3v) is 5.38. The summed E-state index contributed by atoms with van der Waals surface area (Å²) in [6.07, 6.45) is 4.02. The van der Waals surface area contributed by atoms with Gasteiger partial charge in [-0.15, -0.1) is 0 Å². The van der Waals surface area contributed by atoms with Gasteiger partial charge in [-0.3, -0.25) is 0 Å². The van der Waals surface area contributed by atoms with E-state index in [1.165, 1.54) is 6.42 Å². The van der Waals surface area contributed by atoms with Crippen LogP contribution in [0, 0.1) is 5.92 Å². The van der Waals surface area contributed by atoms with Gasteiger partial charge in [-0.2, -0.15) is 0 Å². The van der Waals surface area contributed by atoms with E-state index in [9.17, 15) is 4.79 Å². The molecule has 0 saturated carbocycles. The summed E-state index contributed by atoms with van der Waals surface area (Å²) in [5, 5.41) is 0. The highest BCUT2D eigenvalue weighted by Crippen LogP contribution is 2.33. The normalized spacial score (nSPS) is 28.0. The second-order valence-corrected chi connectivity index (χ2v) is 7.66. The van der Waals surface area contributed by atoms with Gasteiger partial charge in [0.05, 0.1) is 13.2 Å². The van der Waals surface area contributed by atoms with Crippen LogP contribution in [0.3, 0.4) is 0 Å². The summed E-state index contributed by atoms with van der Waals surface area (Å²) >= 11 is 0. The molecule has 23 heavy (non-hydrogen) atoms. The lowest BCUT2D eigenvalue weighted by molar-refractivity contribution is -0.00292. The first kappa shape index (κ1) is 17.0. The zero-order chi connectivity index (χ0) is 16.3. The molecule has 6 nitrogen and oxygen atoms in total. The molecule has 3 aliphatic rings. The van der Waals surface area contributed by atoms with Crippen LogP contribution in [0.4, 0.5) is 4.79 Å². The van der Waals surface area contributed by atoms with Gasteiger partial charge >= 0.3 is 6.09 Å². The monoisotopic (exact) mass is 325 g/mol. The maximum atomic E-state index is 12.1. The van der Waals surface area contributed by atoms with Crippen LogP contribution in [0.25, 0.3) is 0 Å². The Morgan fingerprint density at radius 1 is 1.30 bits per heavy atom. The number of piperidine rings is 1. The van der Waals surface area contributed by atoms with Crippen molar-refractivity contribution < 1.29 is 14.3 Å². The molecule has 3 saturated heterocycles. The number of carbonyl (C=O) groups is 1. The number of rotatable bonds is 6. The number of hydrogen-bond donors (Lipinski definition) is 0. The molecule has 3 heterocycles. The average molecular weight is 325 g/mol. The highest BCUT2D eigenvalue weighted by Gasteiger charge is 2.46. The lowest BCUT2D eigenvalue weighted by atomic mass is 9.90. The van der Waals surface area contributed by atoms with Crippen molar-refractivity contribution in [1.82, 2.24) is 14.7 Å². The first-order chi connectivity index (χ1) is 11.1. The molecular weight excluding hydrogens is 294 g/mol. The van der Waals surface area contributed by atoms with Crippen molar-refractivity contribution >= 4 is 6.09 Å². The molecule has 0 aromatic heterocycles. The third-order valence-electron chi connectivity index (χ3n) is 5.38. The number of nitrogens with zero attached hydrogens (tertiary/aromatic N) is 3. The van der Waals surface area contributed by atoms with Gasteiger partial charge in [0.2, 0.25) is 0 Å². The quantitative estimate of drug-likeness (QED) is 0.736. The minimum atomic E-state index is -0.224. The Labute approximate surface area is 139 Å². The van der Waals surface area contributed by atoms with Crippen LogP contribution in [0.5, 0.6) is 0 Å². The third kappa shape index (κ3) is 4.37. The fourth-order valence-corrected chi connectivity index (χ4v) is 3.94. The second kappa shape index (κ2) is 7.36. The fourth-order valence-electron chi connectivity index (χ4n) is 3.94. The van der Waals surface area contributed by atoms with E-state index in [0.717, 1.165) is 71.7 Å². The minimum Gasteiger partial charge on any atom is -0.441 e. The van der Waals surface area contributed by atoms with Crippen LogP contribution < -0.4 is 0 Å². The van der Waals surface area contributed by atoms with Gasteiger partial charge in [-0.25, -0.2) is 4.79 Å². The van der Waals surface area contributed by atoms with Crippen LogP contribution in [0.2, 0.25) is 0 Å². The largest absolute Gasteiger partial charge is 0.441 e. The molecule has 0 bridgehead atoms. The van der Waals surface area contributed by atoms with Gasteiger partial charge in [-0.1, -0.05) is 0 Å². The van der Waals surface area contributed by atoms with Crippen LogP contribution in [-0.2, 0) is 9.47 Å². The molecule has 0 N–H and O–H groups in total. The molecule has 0 aliphatic carbocycles. The second-order valence-electron chi connectivity index (χ2n) is 7.66. The Hall–Kier alpha value is -0.850. The number of likely N-dealkylation sites (tertiary alicyclic amines) is 1. The zero-order valence-electron chi connectivity index (χ0n) is 14.6. The van der Waals surface area contributed by atoms with E-state index in [-0.39, 0.29) is 11.7 Å². The first-order valence-electron chi connectivity index (χ1n) is 8.99. The fraction of sp³-hybridized carbons (Fsp3) is 0.941. The van der Waals surface area contributed by atoms with Crippen molar-refractivity contribution in [2.45, 2.75) is 31.3 Å². The summed E-state index contributed by atoms with van der Waals surface area (Å²) in [7, 11) is 4.13. The molecule has 3 fully saturated rings. The van der Waals surface area contributed by atoms with E-state index in [4.69, 9.17) is 9.47 Å². The molecule has 132 valence electrons. The number of hydrogen-bond acceptors (Lipinski definition) is 5. The van der Waals surface area contributed by atoms with Gasteiger partial charge in [0, 0.05) is 45.6 Å². The smallest absolute Gasteiger partial charge is 0.410 e. The summed E-state index contributed by atoms with van der Waals surface area (Å²) in [5.74, 6) is 0.692. The molecule has 1 spiro atoms. The molecule has 0 radical (unpaired) electrons. The van der Waals surface area contributed by atoms with Gasteiger partial charge in [0.15, 0.2) is 0 Å². The van der Waals surface area contributed by atoms with E-state index >= 15 is 0 Å². The molecule has 3 rings (SSSR count). The molecular formula is C17H31N3O3. The van der Waals surface area contributed by atoms with Crippen molar-refractivity contribution in [2.75, 3.05) is 66.6 Å². The summed E-state index contributed by atoms with van der Waals surface area (Å²) in [5.41, 5.74) is -0.224. The summed E-state index contributed by atoms with van der Waals surface area (Å²) in [6.45, 7) is 7.63. The Morgan fingerprint density at radius 3 is 2.74 bits per heavy atom. The van der Waals surface area contributed by atoms with Gasteiger partial charge < -0.3 is 24.2 Å². The number of amides is 1. The van der Waals surface area contributed by atoms with Crippen molar-refractivity contribution in [2.24, 2.45) is 5.92 Å². The predicted molar refractivity (Wildman–Crippen MR) is 88.6 cm³/mol. The maximum absolute atomic E-state index is 12.1. The van der Waals surface area contributed by atoms with E-state index < -0.39 is 0 Å². The Morgan fingerprint density at radius 2 is 2.09 bits per heavy atom. The van der Waals surface area contributed by atoms with Crippen molar-refractivity contribution in [3.05, 3.63) is 0 Å². The van der Waals surface area contributed by atoms with E-state index in [2.05, 4.69) is 23.9 Å². The topological polar surface area (TPSA) is 45.2 Å². The highest BCUT2D eigenvalue weighted by molar-refractivity contribution is 5.70. The van der Waals surface area contributed by atoms with Crippen molar-refractivity contribution in [3.8, 4) is 0 Å². The molecule has 6 heteroatoms. The molecule has 1 atom stereocenters. The van der Waals surface area contributed by atoms with E-state index in [1.54, 1.807) is 0 Å². The Bertz CT molecular complexity index is 402. The van der Waals surface area contributed by atoms with Gasteiger partial charge in [-0.05, 0) is 39.4 Å². The summed E-state index contributed by atoms with van der Waals surface area (Å²) in [4.78, 5) is 18.7. The number of carbonyl (C=O) groups excluding carboxylic acids is 1. The zero-order valence-corrected chi connectivity index (χ0v) is 14.6. The summed E-state index contributed by atoms with van der Waals surface area (Å²) in [6, 6.07) is 0. The minimum absolute atomic E-state index is 0.110. The molecule has 0 aromatic rings. The van der Waals surface area contributed by atoms with Crippen LogP contribution in [-0.4, -0.2) is 93.0 Å². The maximum Gasteiger partial charge on any atom is 0.410 e. The van der Waals surface area contributed by atoms with Crippen LogP contribution in [0.15, 0.2) is 0 Å². The molecule has 0 aromatic carbocycles. The Balaban J connectivity index is 1.43. The Kier molecular flexibility index (Phi) is 5.44. The SMILES string of the molecule is CN(C)CCCN1CC2(CCN(C[C@@H]3CCOC3)CC2)OC1=O. The van der Waals surface area contributed by atoms with Crippen LogP contribution >= 0.6 is 0 Å². The summed E-state index contributed by atoms with van der Waals surface area (Å²) < 4.78 is 11.3. The molecule has 0 unspecified atom stereocenters. The average Bonchev–Trinajstić information content (AvgIpc) is 3.11. The van der Waals surface area contributed by atoms with E-state index in [1.807, 2.05) is 4.90 Å². The van der Waals surface area contributed by atoms with Crippen molar-refractivity contribution in [3.63, 3.8) is 0 Å². The van der Waals surface area contributed by atoms with Gasteiger partial charge in [0.25, 0.3) is 0 Å². The standard InChI is InChI=1S/C17H31N3O3/c1-18(2)7-3-8-20-14-17(23-16(20)21)5-9-19(10-6-17)12-15-4-11-22-13-15/h15H,3-14H2,1-2H3/t15-/m0/s1. The predicted octanol–water partition coefficient (Wildman–Crippen LogP) is 1.26. The van der Waals surface area contributed by atoms with Crippen molar-refractivity contribution in [1.29, 1.82) is 0 Å². The highest BCUT2D eigenvalue weighted by atomic mass is 16.6. The molecule has 3 aliphatic heterocycles. The first-order valence-corrected chi connectivity index (χ1v) is 8.99. The van der Waals surface area contributed by atoms with Crippen LogP contribution in [0.1, 0.15) is 25.7 Å². The van der Waals surface area contributed by atoms with E-state index in [0.29, 0.717) is 5.92 Å². The lowest BCUT2D eigenvalue weighted by Gasteiger charge is -2.38. The van der Waals surface area contributed by atoms with Gasteiger partial charge in [0.1, 0.15) is 5.60 Å².